The Morgan fingerprint density at radius 1 is 1.18 bits per heavy atom. The molecule has 0 saturated carbocycles. The lowest BCUT2D eigenvalue weighted by atomic mass is 10.0. The normalized spacial score (nSPS) is 16.3. The molecule has 122 valence electrons. The predicted octanol–water partition coefficient (Wildman–Crippen LogP) is 4.23. The lowest BCUT2D eigenvalue weighted by Gasteiger charge is -2.19. The summed E-state index contributed by atoms with van der Waals surface area (Å²) in [6, 6.07) is 5.81. The highest BCUT2D eigenvalue weighted by atomic mass is 16.5. The second-order valence-electron chi connectivity index (χ2n) is 6.26. The van der Waals surface area contributed by atoms with Crippen LogP contribution in [0.1, 0.15) is 61.4 Å². The summed E-state index contributed by atoms with van der Waals surface area (Å²) in [5.41, 5.74) is 1.87. The molecule has 0 amide bonds. The van der Waals surface area contributed by atoms with Crippen molar-refractivity contribution in [2.24, 2.45) is 0 Å². The molecule has 0 N–H and O–H groups in total. The molecule has 0 unspecified atom stereocenters. The van der Waals surface area contributed by atoms with Crippen molar-refractivity contribution in [2.45, 2.75) is 52.4 Å². The molecule has 0 bridgehead atoms. The molecule has 1 aliphatic rings. The van der Waals surface area contributed by atoms with Crippen LogP contribution in [0.25, 0.3) is 0 Å². The summed E-state index contributed by atoms with van der Waals surface area (Å²) in [5, 5.41) is 0. The largest absolute Gasteiger partial charge is 0.493 e. The van der Waals surface area contributed by atoms with E-state index in [4.69, 9.17) is 4.74 Å². The fourth-order valence-electron chi connectivity index (χ4n) is 2.96. The number of ether oxygens (including phenoxy) is 1. The van der Waals surface area contributed by atoms with Crippen molar-refractivity contribution < 1.29 is 9.53 Å². The van der Waals surface area contributed by atoms with Crippen molar-refractivity contribution in [3.05, 3.63) is 29.3 Å². The molecule has 2 rings (SSSR count). The van der Waals surface area contributed by atoms with Crippen LogP contribution in [0.4, 0.5) is 0 Å². The fourth-order valence-corrected chi connectivity index (χ4v) is 2.96. The Labute approximate surface area is 134 Å². The zero-order valence-corrected chi connectivity index (χ0v) is 14.1. The van der Waals surface area contributed by atoms with Crippen LogP contribution < -0.4 is 4.74 Å². The maximum atomic E-state index is 12.4. The summed E-state index contributed by atoms with van der Waals surface area (Å²) in [4.78, 5) is 14.8. The van der Waals surface area contributed by atoms with E-state index in [1.807, 2.05) is 25.1 Å². The van der Waals surface area contributed by atoms with Gasteiger partial charge in [0.25, 0.3) is 0 Å². The van der Waals surface area contributed by atoms with Gasteiger partial charge in [0, 0.05) is 18.5 Å². The summed E-state index contributed by atoms with van der Waals surface area (Å²) in [7, 11) is 0. The highest BCUT2D eigenvalue weighted by molar-refractivity contribution is 5.96. The van der Waals surface area contributed by atoms with Crippen molar-refractivity contribution in [3.63, 3.8) is 0 Å². The van der Waals surface area contributed by atoms with E-state index in [2.05, 4.69) is 11.8 Å². The van der Waals surface area contributed by atoms with Gasteiger partial charge in [-0.05, 0) is 63.0 Å². The van der Waals surface area contributed by atoms with Gasteiger partial charge in [-0.1, -0.05) is 19.8 Å². The number of benzene rings is 1. The van der Waals surface area contributed by atoms with Crippen LogP contribution in [0.5, 0.6) is 5.75 Å². The van der Waals surface area contributed by atoms with Crippen LogP contribution in [-0.2, 0) is 0 Å². The summed E-state index contributed by atoms with van der Waals surface area (Å²) in [6.07, 6.45) is 6.84. The maximum Gasteiger partial charge on any atom is 0.164 e. The Balaban J connectivity index is 1.87. The van der Waals surface area contributed by atoms with Gasteiger partial charge in [-0.2, -0.15) is 0 Å². The quantitative estimate of drug-likeness (QED) is 0.706. The van der Waals surface area contributed by atoms with Crippen molar-refractivity contribution in [2.75, 3.05) is 26.2 Å². The van der Waals surface area contributed by atoms with Crippen LogP contribution >= 0.6 is 0 Å². The van der Waals surface area contributed by atoms with E-state index < -0.39 is 0 Å². The van der Waals surface area contributed by atoms with Gasteiger partial charge in [0.2, 0.25) is 0 Å². The molecule has 1 aromatic carbocycles. The maximum absolute atomic E-state index is 12.4. The number of rotatable bonds is 7. The third kappa shape index (κ3) is 5.13. The Morgan fingerprint density at radius 2 is 1.91 bits per heavy atom. The summed E-state index contributed by atoms with van der Waals surface area (Å²) < 4.78 is 5.67. The van der Waals surface area contributed by atoms with E-state index in [9.17, 15) is 4.79 Å². The fraction of sp³-hybridized carbons (Fsp3) is 0.632. The smallest absolute Gasteiger partial charge is 0.164 e. The Bertz CT molecular complexity index is 476. The molecular weight excluding hydrogens is 274 g/mol. The standard InChI is InChI=1S/C19H29NO2/c1-3-14-22-19-9-8-17(15-16(19)2)18(21)10-13-20-11-6-4-5-7-12-20/h8-9,15H,3-7,10-14H2,1-2H3. The molecule has 0 atom stereocenters. The lowest BCUT2D eigenvalue weighted by molar-refractivity contribution is 0.0964. The molecular formula is C19H29NO2. The Kier molecular flexibility index (Phi) is 6.91. The zero-order chi connectivity index (χ0) is 15.8. The van der Waals surface area contributed by atoms with Gasteiger partial charge >= 0.3 is 0 Å². The molecule has 1 aromatic rings. The van der Waals surface area contributed by atoms with Crippen LogP contribution in [0.3, 0.4) is 0 Å². The van der Waals surface area contributed by atoms with Gasteiger partial charge in [-0.3, -0.25) is 4.79 Å². The number of hydrogen-bond acceptors (Lipinski definition) is 3. The van der Waals surface area contributed by atoms with E-state index >= 15 is 0 Å². The van der Waals surface area contributed by atoms with Gasteiger partial charge in [0.05, 0.1) is 6.61 Å². The minimum absolute atomic E-state index is 0.245. The van der Waals surface area contributed by atoms with Gasteiger partial charge in [-0.15, -0.1) is 0 Å². The minimum Gasteiger partial charge on any atom is -0.493 e. The number of nitrogens with zero attached hydrogens (tertiary/aromatic N) is 1. The highest BCUT2D eigenvalue weighted by Crippen LogP contribution is 2.20. The van der Waals surface area contributed by atoms with Crippen LogP contribution in [-0.4, -0.2) is 36.9 Å². The van der Waals surface area contributed by atoms with E-state index in [1.165, 1.54) is 25.7 Å². The van der Waals surface area contributed by atoms with Gasteiger partial charge in [0.15, 0.2) is 5.78 Å². The van der Waals surface area contributed by atoms with Crippen molar-refractivity contribution in [1.29, 1.82) is 0 Å². The Morgan fingerprint density at radius 3 is 2.55 bits per heavy atom. The molecule has 3 heteroatoms. The third-order valence-electron chi connectivity index (χ3n) is 4.31. The molecule has 1 heterocycles. The molecule has 0 aromatic heterocycles. The summed E-state index contributed by atoms with van der Waals surface area (Å²) in [6.45, 7) is 8.02. The molecule has 0 spiro atoms. The molecule has 0 radical (unpaired) electrons. The van der Waals surface area contributed by atoms with E-state index in [0.717, 1.165) is 49.5 Å². The van der Waals surface area contributed by atoms with E-state index in [0.29, 0.717) is 6.42 Å². The molecule has 1 saturated heterocycles. The molecule has 1 aliphatic heterocycles. The first kappa shape index (κ1) is 17.0. The van der Waals surface area contributed by atoms with Crippen LogP contribution in [0.15, 0.2) is 18.2 Å². The first-order valence-electron chi connectivity index (χ1n) is 8.69. The van der Waals surface area contributed by atoms with Crippen LogP contribution in [0.2, 0.25) is 0 Å². The Hall–Kier alpha value is -1.35. The molecule has 3 nitrogen and oxygen atoms in total. The zero-order valence-electron chi connectivity index (χ0n) is 14.1. The number of likely N-dealkylation sites (tertiary alicyclic amines) is 1. The number of ketones is 1. The lowest BCUT2D eigenvalue weighted by Crippen LogP contribution is -2.27. The highest BCUT2D eigenvalue weighted by Gasteiger charge is 2.13. The molecule has 22 heavy (non-hydrogen) atoms. The number of Topliss-reactive ketones (excluding diaryl/α,β-unsaturated/α-hetero) is 1. The molecule has 1 fully saturated rings. The second-order valence-corrected chi connectivity index (χ2v) is 6.26. The summed E-state index contributed by atoms with van der Waals surface area (Å²) >= 11 is 0. The van der Waals surface area contributed by atoms with Crippen molar-refractivity contribution in [3.8, 4) is 5.75 Å². The van der Waals surface area contributed by atoms with Crippen LogP contribution in [0, 0.1) is 6.92 Å². The van der Waals surface area contributed by atoms with Gasteiger partial charge in [0.1, 0.15) is 5.75 Å². The average molecular weight is 303 g/mol. The number of hydrogen-bond donors (Lipinski definition) is 0. The summed E-state index contributed by atoms with van der Waals surface area (Å²) in [5.74, 6) is 1.14. The number of carbonyl (C=O) groups is 1. The monoisotopic (exact) mass is 303 g/mol. The average Bonchev–Trinajstić information content (AvgIpc) is 2.80. The number of carbonyl (C=O) groups excluding carboxylic acids is 1. The first-order valence-corrected chi connectivity index (χ1v) is 8.69. The first-order chi connectivity index (χ1) is 10.7. The van der Waals surface area contributed by atoms with Crippen molar-refractivity contribution >= 4 is 5.78 Å². The molecule has 0 aliphatic carbocycles. The second kappa shape index (κ2) is 8.94. The van der Waals surface area contributed by atoms with E-state index in [1.54, 1.807) is 0 Å². The van der Waals surface area contributed by atoms with Gasteiger partial charge < -0.3 is 9.64 Å². The topological polar surface area (TPSA) is 29.5 Å². The van der Waals surface area contributed by atoms with Gasteiger partial charge in [-0.25, -0.2) is 0 Å². The predicted molar refractivity (Wildman–Crippen MR) is 90.8 cm³/mol. The minimum atomic E-state index is 0.245. The SMILES string of the molecule is CCCOc1ccc(C(=O)CCN2CCCCCC2)cc1C. The number of aryl methyl sites for hydroxylation is 1. The van der Waals surface area contributed by atoms with Crippen molar-refractivity contribution in [1.82, 2.24) is 4.90 Å². The van der Waals surface area contributed by atoms with E-state index in [-0.39, 0.29) is 5.78 Å². The third-order valence-corrected chi connectivity index (χ3v) is 4.31.